The Kier molecular flexibility index (Phi) is 7.85. The molecular formula is C25H18ClFN2O5. The zero-order chi connectivity index (χ0) is 24.7. The Morgan fingerprint density at radius 1 is 1.15 bits per heavy atom. The summed E-state index contributed by atoms with van der Waals surface area (Å²) in [7, 11) is 1.42. The van der Waals surface area contributed by atoms with Crippen molar-refractivity contribution >= 4 is 35.2 Å². The van der Waals surface area contributed by atoms with Crippen LogP contribution in [0.15, 0.2) is 66.2 Å². The maximum absolute atomic E-state index is 14.1. The first-order valence-corrected chi connectivity index (χ1v) is 10.2. The molecule has 7 nitrogen and oxygen atoms in total. The minimum Gasteiger partial charge on any atom is -0.493 e. The lowest BCUT2D eigenvalue weighted by Crippen LogP contribution is -2.13. The first kappa shape index (κ1) is 24.3. The number of carboxylic acids is 1. The predicted molar refractivity (Wildman–Crippen MR) is 124 cm³/mol. The van der Waals surface area contributed by atoms with Crippen molar-refractivity contribution in [3.05, 3.63) is 93.8 Å². The number of nitrogens with one attached hydrogen (secondary N) is 1. The number of aromatic carboxylic acids is 1. The third kappa shape index (κ3) is 5.71. The minimum absolute atomic E-state index is 0.0576. The Morgan fingerprint density at radius 2 is 1.85 bits per heavy atom. The fourth-order valence-corrected chi connectivity index (χ4v) is 3.19. The number of anilines is 1. The highest BCUT2D eigenvalue weighted by Gasteiger charge is 2.16. The van der Waals surface area contributed by atoms with Gasteiger partial charge in [0.15, 0.2) is 11.5 Å². The molecule has 0 saturated carbocycles. The summed E-state index contributed by atoms with van der Waals surface area (Å²) >= 11 is 6.07. The molecular weight excluding hydrogens is 463 g/mol. The van der Waals surface area contributed by atoms with Crippen molar-refractivity contribution < 1.29 is 28.6 Å². The number of nitriles is 1. The number of carbonyl (C=O) groups is 2. The number of benzene rings is 3. The van der Waals surface area contributed by atoms with Crippen LogP contribution in [-0.2, 0) is 11.4 Å². The second-order valence-electron chi connectivity index (χ2n) is 6.87. The molecule has 3 aromatic rings. The molecule has 34 heavy (non-hydrogen) atoms. The van der Waals surface area contributed by atoms with E-state index in [9.17, 15) is 19.2 Å². The van der Waals surface area contributed by atoms with Crippen molar-refractivity contribution in [2.24, 2.45) is 0 Å². The fourth-order valence-electron chi connectivity index (χ4n) is 2.97. The maximum atomic E-state index is 14.1. The number of nitrogens with zero attached hydrogens (tertiary/aromatic N) is 1. The van der Waals surface area contributed by atoms with Gasteiger partial charge in [0, 0.05) is 16.8 Å². The summed E-state index contributed by atoms with van der Waals surface area (Å²) in [5, 5.41) is 21.3. The molecule has 0 spiro atoms. The van der Waals surface area contributed by atoms with Crippen molar-refractivity contribution in [2.75, 3.05) is 12.4 Å². The maximum Gasteiger partial charge on any atom is 0.335 e. The Bertz CT molecular complexity index is 1280. The molecule has 0 radical (unpaired) electrons. The van der Waals surface area contributed by atoms with Crippen molar-refractivity contribution in [1.29, 1.82) is 5.26 Å². The lowest BCUT2D eigenvalue weighted by Gasteiger charge is -2.15. The van der Waals surface area contributed by atoms with Gasteiger partial charge in [0.25, 0.3) is 5.91 Å². The Hall–Kier alpha value is -4.35. The molecule has 0 saturated heterocycles. The number of hydrogen-bond donors (Lipinski definition) is 2. The van der Waals surface area contributed by atoms with Gasteiger partial charge in [-0.2, -0.15) is 5.26 Å². The van der Waals surface area contributed by atoms with Gasteiger partial charge in [-0.15, -0.1) is 0 Å². The van der Waals surface area contributed by atoms with Crippen LogP contribution in [0.25, 0.3) is 6.08 Å². The first-order valence-electron chi connectivity index (χ1n) is 9.83. The molecule has 0 fully saturated rings. The van der Waals surface area contributed by atoms with Crippen LogP contribution in [0.1, 0.15) is 21.5 Å². The van der Waals surface area contributed by atoms with E-state index >= 15 is 0 Å². The van der Waals surface area contributed by atoms with Gasteiger partial charge in [-0.05, 0) is 48.5 Å². The van der Waals surface area contributed by atoms with E-state index in [2.05, 4.69) is 5.32 Å². The largest absolute Gasteiger partial charge is 0.493 e. The molecule has 2 N–H and O–H groups in total. The number of rotatable bonds is 8. The second-order valence-corrected chi connectivity index (χ2v) is 7.28. The highest BCUT2D eigenvalue weighted by atomic mass is 35.5. The van der Waals surface area contributed by atoms with Crippen LogP contribution in [0.2, 0.25) is 5.02 Å². The average molecular weight is 481 g/mol. The smallest absolute Gasteiger partial charge is 0.335 e. The zero-order valence-electron chi connectivity index (χ0n) is 17.8. The molecule has 0 heterocycles. The van der Waals surface area contributed by atoms with E-state index in [4.69, 9.17) is 26.2 Å². The van der Waals surface area contributed by atoms with Crippen molar-refractivity contribution in [2.45, 2.75) is 6.61 Å². The number of amides is 1. The van der Waals surface area contributed by atoms with Gasteiger partial charge in [0.1, 0.15) is 24.1 Å². The summed E-state index contributed by atoms with van der Waals surface area (Å²) in [4.78, 5) is 23.6. The van der Waals surface area contributed by atoms with Crippen LogP contribution in [0.5, 0.6) is 11.5 Å². The van der Waals surface area contributed by atoms with Crippen LogP contribution >= 0.6 is 11.6 Å². The van der Waals surface area contributed by atoms with Crippen LogP contribution in [0.3, 0.4) is 0 Å². The Balaban J connectivity index is 1.88. The molecule has 3 rings (SSSR count). The topological polar surface area (TPSA) is 109 Å². The van der Waals surface area contributed by atoms with Gasteiger partial charge in [-0.3, -0.25) is 4.79 Å². The molecule has 9 heteroatoms. The summed E-state index contributed by atoms with van der Waals surface area (Å²) in [6.45, 7) is -0.212. The van der Waals surface area contributed by atoms with E-state index in [0.717, 1.165) is 0 Å². The summed E-state index contributed by atoms with van der Waals surface area (Å²) < 4.78 is 25.3. The van der Waals surface area contributed by atoms with E-state index in [1.807, 2.05) is 6.07 Å². The third-order valence-electron chi connectivity index (χ3n) is 4.71. The van der Waals surface area contributed by atoms with Crippen LogP contribution in [0, 0.1) is 17.1 Å². The van der Waals surface area contributed by atoms with Gasteiger partial charge in [-0.25, -0.2) is 9.18 Å². The molecule has 0 aliphatic heterocycles. The van der Waals surface area contributed by atoms with Crippen molar-refractivity contribution in [3.63, 3.8) is 0 Å². The molecule has 0 aliphatic rings. The predicted octanol–water partition coefficient (Wildman–Crippen LogP) is 5.31. The number of carboxylic acid groups (broad SMARTS) is 1. The summed E-state index contributed by atoms with van der Waals surface area (Å²) in [6.07, 6.45) is 1.31. The zero-order valence-corrected chi connectivity index (χ0v) is 18.6. The van der Waals surface area contributed by atoms with Gasteiger partial charge >= 0.3 is 5.97 Å². The lowest BCUT2D eigenvalue weighted by molar-refractivity contribution is -0.112. The molecule has 0 atom stereocenters. The third-order valence-corrected chi connectivity index (χ3v) is 5.06. The molecule has 0 aromatic heterocycles. The number of carbonyl (C=O) groups excluding carboxylic acids is 1. The van der Waals surface area contributed by atoms with Gasteiger partial charge < -0.3 is 19.9 Å². The number of hydrogen-bond acceptors (Lipinski definition) is 5. The summed E-state index contributed by atoms with van der Waals surface area (Å²) in [6, 6.07) is 16.5. The number of para-hydroxylation sites is 1. The normalized spacial score (nSPS) is 10.8. The Labute approximate surface area is 199 Å². The molecule has 1 amide bonds. The van der Waals surface area contributed by atoms with Crippen molar-refractivity contribution in [1.82, 2.24) is 0 Å². The average Bonchev–Trinajstić information content (AvgIpc) is 2.82. The SMILES string of the molecule is COc1cccc(C=C(C#N)C(=O)Nc2ccc(C(=O)O)cc2)c1OCc1c(F)cccc1Cl. The summed E-state index contributed by atoms with van der Waals surface area (Å²) in [5.41, 5.74) is 0.617. The molecule has 3 aromatic carbocycles. The number of ether oxygens (including phenoxy) is 2. The van der Waals surface area contributed by atoms with E-state index in [-0.39, 0.29) is 34.1 Å². The van der Waals surface area contributed by atoms with Gasteiger partial charge in [0.05, 0.1) is 17.7 Å². The van der Waals surface area contributed by atoms with E-state index in [1.54, 1.807) is 18.2 Å². The van der Waals surface area contributed by atoms with E-state index in [1.165, 1.54) is 55.7 Å². The van der Waals surface area contributed by atoms with E-state index < -0.39 is 17.7 Å². The molecule has 0 bridgehead atoms. The fraction of sp³-hybridized carbons (Fsp3) is 0.0800. The first-order chi connectivity index (χ1) is 16.3. The highest BCUT2D eigenvalue weighted by molar-refractivity contribution is 6.31. The number of methoxy groups -OCH3 is 1. The highest BCUT2D eigenvalue weighted by Crippen LogP contribution is 2.34. The number of halogens is 2. The Morgan fingerprint density at radius 3 is 2.47 bits per heavy atom. The molecule has 172 valence electrons. The molecule has 0 aliphatic carbocycles. The quantitative estimate of drug-likeness (QED) is 0.334. The van der Waals surface area contributed by atoms with Crippen LogP contribution in [0.4, 0.5) is 10.1 Å². The lowest BCUT2D eigenvalue weighted by atomic mass is 10.1. The van der Waals surface area contributed by atoms with Crippen molar-refractivity contribution in [3.8, 4) is 17.6 Å². The van der Waals surface area contributed by atoms with Crippen LogP contribution < -0.4 is 14.8 Å². The van der Waals surface area contributed by atoms with Crippen LogP contribution in [-0.4, -0.2) is 24.1 Å². The second kappa shape index (κ2) is 11.0. The summed E-state index contributed by atoms with van der Waals surface area (Å²) in [5.74, 6) is -1.85. The molecule has 0 unspecified atom stereocenters. The van der Waals surface area contributed by atoms with Gasteiger partial charge in [-0.1, -0.05) is 29.8 Å². The standard InChI is InChI=1S/C25H18ClFN2O5/c1-33-22-7-2-4-16(23(22)34-14-19-20(26)5-3-6-21(19)27)12-17(13-28)24(30)29-18-10-8-15(9-11-18)25(31)32/h2-12H,14H2,1H3,(H,29,30)(H,31,32). The minimum atomic E-state index is -1.10. The van der Waals surface area contributed by atoms with E-state index in [0.29, 0.717) is 17.0 Å². The van der Waals surface area contributed by atoms with Gasteiger partial charge in [0.2, 0.25) is 0 Å². The monoisotopic (exact) mass is 480 g/mol.